The van der Waals surface area contributed by atoms with Crippen molar-refractivity contribution < 1.29 is 4.79 Å². The molecule has 0 saturated heterocycles. The van der Waals surface area contributed by atoms with Crippen molar-refractivity contribution in [1.29, 1.82) is 0 Å². The normalized spacial score (nSPS) is 17.6. The van der Waals surface area contributed by atoms with E-state index < -0.39 is 0 Å². The molecule has 0 spiro atoms. The molecule has 3 nitrogen and oxygen atoms in total. The van der Waals surface area contributed by atoms with Crippen LogP contribution in [0, 0.1) is 0 Å². The van der Waals surface area contributed by atoms with Gasteiger partial charge in [0.1, 0.15) is 5.15 Å². The Kier molecular flexibility index (Phi) is 4.10. The first-order chi connectivity index (χ1) is 9.65. The van der Waals surface area contributed by atoms with Crippen molar-refractivity contribution in [1.82, 2.24) is 10.3 Å². The monoisotopic (exact) mass is 370 g/mol. The van der Waals surface area contributed by atoms with Crippen LogP contribution in [0.5, 0.6) is 0 Å². The molecule has 1 unspecified atom stereocenters. The molecule has 1 aliphatic rings. The summed E-state index contributed by atoms with van der Waals surface area (Å²) >= 11 is 11.1. The lowest BCUT2D eigenvalue weighted by Gasteiger charge is -2.23. The molecule has 0 radical (unpaired) electrons. The number of aromatic nitrogens is 1. The van der Waals surface area contributed by atoms with Crippen LogP contribution in [0.1, 0.15) is 39.7 Å². The second kappa shape index (κ2) is 5.84. The number of nitrogens with one attached hydrogen (secondary N) is 1. The number of rotatable bonds is 2. The molecule has 1 aliphatic carbocycles. The fourth-order valence-electron chi connectivity index (χ4n) is 2.45. The molecule has 2 heterocycles. The number of thiophene rings is 1. The Morgan fingerprint density at radius 3 is 3.25 bits per heavy atom. The fraction of sp³-hybridized carbons (Fsp3) is 0.286. The Morgan fingerprint density at radius 2 is 2.40 bits per heavy atom. The van der Waals surface area contributed by atoms with Crippen LogP contribution in [-0.4, -0.2) is 10.9 Å². The molecule has 2 aromatic heterocycles. The number of amides is 1. The molecule has 0 saturated carbocycles. The highest BCUT2D eigenvalue weighted by atomic mass is 79.9. The first-order valence-electron chi connectivity index (χ1n) is 6.33. The van der Waals surface area contributed by atoms with E-state index in [1.54, 1.807) is 23.6 Å². The van der Waals surface area contributed by atoms with Crippen molar-refractivity contribution >= 4 is 44.8 Å². The highest BCUT2D eigenvalue weighted by molar-refractivity contribution is 9.10. The van der Waals surface area contributed by atoms with Crippen LogP contribution in [0.15, 0.2) is 28.2 Å². The number of hydrogen-bond donors (Lipinski definition) is 1. The van der Waals surface area contributed by atoms with E-state index >= 15 is 0 Å². The van der Waals surface area contributed by atoms with Gasteiger partial charge in [-0.3, -0.25) is 4.79 Å². The van der Waals surface area contributed by atoms with Crippen molar-refractivity contribution in [3.05, 3.63) is 49.3 Å². The first-order valence-corrected chi connectivity index (χ1v) is 8.38. The van der Waals surface area contributed by atoms with E-state index in [2.05, 4.69) is 37.7 Å². The smallest absolute Gasteiger partial charge is 0.254 e. The van der Waals surface area contributed by atoms with E-state index in [1.165, 1.54) is 10.4 Å². The van der Waals surface area contributed by atoms with Gasteiger partial charge in [-0.2, -0.15) is 0 Å². The van der Waals surface area contributed by atoms with Gasteiger partial charge in [-0.15, -0.1) is 11.3 Å². The van der Waals surface area contributed by atoms with Crippen LogP contribution in [0.2, 0.25) is 5.15 Å². The van der Waals surface area contributed by atoms with Crippen LogP contribution in [0.3, 0.4) is 0 Å². The third-order valence-electron chi connectivity index (χ3n) is 3.41. The molecule has 6 heteroatoms. The van der Waals surface area contributed by atoms with Gasteiger partial charge in [0, 0.05) is 15.5 Å². The molecule has 1 N–H and O–H groups in total. The number of fused-ring (bicyclic) bond motifs is 1. The number of aryl methyl sites for hydroxylation is 1. The minimum absolute atomic E-state index is 0.0764. The summed E-state index contributed by atoms with van der Waals surface area (Å²) in [5.74, 6) is -0.173. The number of carbonyl (C=O) groups is 1. The highest BCUT2D eigenvalue weighted by Crippen LogP contribution is 2.33. The molecule has 104 valence electrons. The number of carbonyl (C=O) groups excluding carboxylic acids is 1. The largest absolute Gasteiger partial charge is 0.345 e. The molecule has 1 amide bonds. The molecule has 0 aliphatic heterocycles. The maximum atomic E-state index is 12.4. The molecule has 0 fully saturated rings. The quantitative estimate of drug-likeness (QED) is 0.797. The Labute approximate surface area is 134 Å². The zero-order valence-electron chi connectivity index (χ0n) is 10.5. The van der Waals surface area contributed by atoms with Gasteiger partial charge in [-0.25, -0.2) is 4.98 Å². The van der Waals surface area contributed by atoms with Gasteiger partial charge in [0.25, 0.3) is 5.91 Å². The number of halogens is 2. The fourth-order valence-corrected chi connectivity index (χ4v) is 3.96. The van der Waals surface area contributed by atoms with Gasteiger partial charge in [-0.1, -0.05) is 11.6 Å². The van der Waals surface area contributed by atoms with Gasteiger partial charge in [0.15, 0.2) is 0 Å². The zero-order valence-corrected chi connectivity index (χ0v) is 13.7. The Morgan fingerprint density at radius 1 is 1.55 bits per heavy atom. The van der Waals surface area contributed by atoms with E-state index in [1.807, 2.05) is 0 Å². The lowest BCUT2D eigenvalue weighted by Crippen LogP contribution is -2.30. The number of nitrogens with zero attached hydrogens (tertiary/aromatic N) is 1. The van der Waals surface area contributed by atoms with E-state index in [4.69, 9.17) is 11.6 Å². The van der Waals surface area contributed by atoms with Crippen molar-refractivity contribution in [2.45, 2.75) is 25.3 Å². The van der Waals surface area contributed by atoms with Crippen molar-refractivity contribution in [3.8, 4) is 0 Å². The predicted octanol–water partition coefficient (Wildman–Crippen LogP) is 4.37. The maximum absolute atomic E-state index is 12.4. The van der Waals surface area contributed by atoms with Crippen LogP contribution in [0.25, 0.3) is 0 Å². The third-order valence-corrected chi connectivity index (χ3v) is 5.14. The second-order valence-electron chi connectivity index (χ2n) is 4.71. The first kappa shape index (κ1) is 14.0. The summed E-state index contributed by atoms with van der Waals surface area (Å²) in [4.78, 5) is 17.7. The van der Waals surface area contributed by atoms with E-state index in [0.29, 0.717) is 5.56 Å². The average Bonchev–Trinajstić information content (AvgIpc) is 2.91. The van der Waals surface area contributed by atoms with Crippen LogP contribution >= 0.6 is 38.9 Å². The average molecular weight is 372 g/mol. The summed E-state index contributed by atoms with van der Waals surface area (Å²) in [6.07, 6.45) is 4.76. The lowest BCUT2D eigenvalue weighted by atomic mass is 9.94. The molecular weight excluding hydrogens is 360 g/mol. The number of pyridine rings is 1. The SMILES string of the molecule is O=C(NC1CCCc2sccc21)c1cc(Br)cnc1Cl. The standard InChI is InChI=1S/C14H12BrClN2OS/c15-8-6-10(13(16)17-7-8)14(19)18-11-2-1-3-12-9(11)4-5-20-12/h4-7,11H,1-3H2,(H,18,19). The zero-order chi connectivity index (χ0) is 14.1. The lowest BCUT2D eigenvalue weighted by molar-refractivity contribution is 0.0932. The predicted molar refractivity (Wildman–Crippen MR) is 84.4 cm³/mol. The van der Waals surface area contributed by atoms with Gasteiger partial charge in [0.05, 0.1) is 11.6 Å². The number of hydrogen-bond acceptors (Lipinski definition) is 3. The highest BCUT2D eigenvalue weighted by Gasteiger charge is 2.24. The molecule has 0 bridgehead atoms. The summed E-state index contributed by atoms with van der Waals surface area (Å²) in [5.41, 5.74) is 1.65. The minimum atomic E-state index is -0.173. The van der Waals surface area contributed by atoms with Crippen LogP contribution in [0.4, 0.5) is 0 Å². The van der Waals surface area contributed by atoms with Gasteiger partial charge in [0.2, 0.25) is 0 Å². The van der Waals surface area contributed by atoms with Crippen LogP contribution in [-0.2, 0) is 6.42 Å². The van der Waals surface area contributed by atoms with Gasteiger partial charge in [-0.05, 0) is 58.3 Å². The summed E-state index contributed by atoms with van der Waals surface area (Å²) < 4.78 is 0.743. The van der Waals surface area contributed by atoms with Crippen molar-refractivity contribution in [2.24, 2.45) is 0 Å². The molecule has 1 atom stereocenters. The summed E-state index contributed by atoms with van der Waals surface area (Å²) in [6, 6.07) is 3.87. The Bertz CT molecular complexity index is 658. The van der Waals surface area contributed by atoms with Gasteiger partial charge < -0.3 is 5.32 Å². The third kappa shape index (κ3) is 2.75. The second-order valence-corrected chi connectivity index (χ2v) is 6.98. The minimum Gasteiger partial charge on any atom is -0.345 e. The topological polar surface area (TPSA) is 42.0 Å². The maximum Gasteiger partial charge on any atom is 0.254 e. The summed E-state index contributed by atoms with van der Waals surface area (Å²) in [7, 11) is 0. The summed E-state index contributed by atoms with van der Waals surface area (Å²) in [6.45, 7) is 0. The van der Waals surface area contributed by atoms with E-state index in [9.17, 15) is 4.79 Å². The van der Waals surface area contributed by atoms with Gasteiger partial charge >= 0.3 is 0 Å². The van der Waals surface area contributed by atoms with E-state index in [0.717, 1.165) is 23.7 Å². The summed E-state index contributed by atoms with van der Waals surface area (Å²) in [5, 5.41) is 5.38. The van der Waals surface area contributed by atoms with Crippen LogP contribution < -0.4 is 5.32 Å². The molecule has 0 aromatic carbocycles. The Balaban J connectivity index is 1.82. The molecule has 20 heavy (non-hydrogen) atoms. The van der Waals surface area contributed by atoms with Crippen molar-refractivity contribution in [3.63, 3.8) is 0 Å². The molecule has 2 aromatic rings. The van der Waals surface area contributed by atoms with E-state index in [-0.39, 0.29) is 17.1 Å². The van der Waals surface area contributed by atoms with Crippen molar-refractivity contribution in [2.75, 3.05) is 0 Å². The molecule has 3 rings (SSSR count). The Hall–Kier alpha value is -0.910. The molecular formula is C14H12BrClN2OS.